The highest BCUT2D eigenvalue weighted by molar-refractivity contribution is 7.80. The molecule has 0 unspecified atom stereocenters. The molecule has 1 aromatic heterocycles. The Labute approximate surface area is 175 Å². The third-order valence-electron chi connectivity index (χ3n) is 4.95. The maximum absolute atomic E-state index is 5.62. The standard InChI is InChI=1S/C22H24N4S2/c1-16-6-8-18(9-7-16)20-15-28-22(24-20)26-12-10-25(11-13-26)21(27)23-19-5-3-4-17(2)14-19/h3-9,14-15H,10-13H2,1-2H3,(H,23,27). The Kier molecular flexibility index (Phi) is 5.59. The lowest BCUT2D eigenvalue weighted by atomic mass is 10.1. The summed E-state index contributed by atoms with van der Waals surface area (Å²) < 4.78 is 0. The maximum atomic E-state index is 5.62. The number of hydrogen-bond donors (Lipinski definition) is 1. The van der Waals surface area contributed by atoms with Gasteiger partial charge in [-0.3, -0.25) is 0 Å². The Morgan fingerprint density at radius 2 is 1.75 bits per heavy atom. The van der Waals surface area contributed by atoms with Crippen LogP contribution >= 0.6 is 23.6 Å². The zero-order chi connectivity index (χ0) is 19.5. The molecule has 0 amide bonds. The molecule has 1 saturated heterocycles. The van der Waals surface area contributed by atoms with Crippen molar-refractivity contribution in [1.82, 2.24) is 9.88 Å². The molecule has 0 aliphatic carbocycles. The second-order valence-corrected chi connectivity index (χ2v) is 8.38. The largest absolute Gasteiger partial charge is 0.345 e. The molecule has 2 heterocycles. The van der Waals surface area contributed by atoms with Gasteiger partial charge in [0.05, 0.1) is 5.69 Å². The van der Waals surface area contributed by atoms with Crippen molar-refractivity contribution in [1.29, 1.82) is 0 Å². The Hall–Kier alpha value is -2.44. The van der Waals surface area contributed by atoms with Crippen LogP contribution in [0.15, 0.2) is 53.9 Å². The zero-order valence-electron chi connectivity index (χ0n) is 16.2. The van der Waals surface area contributed by atoms with E-state index in [1.54, 1.807) is 11.3 Å². The van der Waals surface area contributed by atoms with E-state index in [1.165, 1.54) is 16.7 Å². The number of piperazine rings is 1. The van der Waals surface area contributed by atoms with E-state index in [9.17, 15) is 0 Å². The third kappa shape index (κ3) is 4.34. The number of thiazole rings is 1. The number of aromatic nitrogens is 1. The Bertz CT molecular complexity index is 957. The fourth-order valence-electron chi connectivity index (χ4n) is 3.29. The first kappa shape index (κ1) is 18.9. The number of rotatable bonds is 3. The van der Waals surface area contributed by atoms with Crippen LogP contribution in [-0.4, -0.2) is 41.2 Å². The highest BCUT2D eigenvalue weighted by Crippen LogP contribution is 2.28. The molecule has 1 N–H and O–H groups in total. The first-order valence-corrected chi connectivity index (χ1v) is 10.8. The number of nitrogens with zero attached hydrogens (tertiary/aromatic N) is 3. The summed E-state index contributed by atoms with van der Waals surface area (Å²) in [6, 6.07) is 16.9. The minimum Gasteiger partial charge on any atom is -0.345 e. The van der Waals surface area contributed by atoms with E-state index in [1.807, 2.05) is 6.07 Å². The summed E-state index contributed by atoms with van der Waals surface area (Å²) in [7, 11) is 0. The van der Waals surface area contributed by atoms with Crippen LogP contribution in [0, 0.1) is 13.8 Å². The quantitative estimate of drug-likeness (QED) is 0.620. The van der Waals surface area contributed by atoms with Crippen LogP contribution in [0.4, 0.5) is 10.8 Å². The van der Waals surface area contributed by atoms with E-state index in [2.05, 4.69) is 76.8 Å². The predicted octanol–water partition coefficient (Wildman–Crippen LogP) is 4.95. The molecule has 4 rings (SSSR count). The lowest BCUT2D eigenvalue weighted by molar-refractivity contribution is 0.390. The first-order chi connectivity index (χ1) is 13.6. The highest BCUT2D eigenvalue weighted by atomic mass is 32.1. The van der Waals surface area contributed by atoms with Crippen LogP contribution in [0.5, 0.6) is 0 Å². The van der Waals surface area contributed by atoms with E-state index in [0.717, 1.165) is 47.8 Å². The summed E-state index contributed by atoms with van der Waals surface area (Å²) in [6.07, 6.45) is 0. The van der Waals surface area contributed by atoms with Gasteiger partial charge in [0.1, 0.15) is 0 Å². The second-order valence-electron chi connectivity index (χ2n) is 7.16. The zero-order valence-corrected chi connectivity index (χ0v) is 17.8. The molecule has 0 radical (unpaired) electrons. The van der Waals surface area contributed by atoms with Crippen molar-refractivity contribution < 1.29 is 0 Å². The van der Waals surface area contributed by atoms with E-state index in [0.29, 0.717) is 0 Å². The molecule has 2 aromatic carbocycles. The normalized spacial score (nSPS) is 14.2. The molecule has 3 aromatic rings. The molecule has 0 saturated carbocycles. The Morgan fingerprint density at radius 3 is 2.46 bits per heavy atom. The molecule has 0 spiro atoms. The Balaban J connectivity index is 1.35. The van der Waals surface area contributed by atoms with Gasteiger partial charge < -0.3 is 15.1 Å². The summed E-state index contributed by atoms with van der Waals surface area (Å²) in [6.45, 7) is 7.85. The lowest BCUT2D eigenvalue weighted by Crippen LogP contribution is -2.50. The van der Waals surface area contributed by atoms with Crippen molar-refractivity contribution in [2.24, 2.45) is 0 Å². The lowest BCUT2D eigenvalue weighted by Gasteiger charge is -2.36. The SMILES string of the molecule is Cc1ccc(-c2csc(N3CCN(C(=S)Nc4cccc(C)c4)CC3)n2)cc1. The molecule has 28 heavy (non-hydrogen) atoms. The number of benzene rings is 2. The number of anilines is 2. The minimum atomic E-state index is 0.796. The number of aryl methyl sites for hydroxylation is 2. The van der Waals surface area contributed by atoms with Gasteiger partial charge in [-0.2, -0.15) is 0 Å². The number of nitrogens with one attached hydrogen (secondary N) is 1. The minimum absolute atomic E-state index is 0.796. The van der Waals surface area contributed by atoms with Crippen molar-refractivity contribution in [3.8, 4) is 11.3 Å². The molecule has 1 fully saturated rings. The summed E-state index contributed by atoms with van der Waals surface area (Å²) in [5.41, 5.74) is 5.78. The van der Waals surface area contributed by atoms with Gasteiger partial charge in [0, 0.05) is 42.8 Å². The van der Waals surface area contributed by atoms with E-state index < -0.39 is 0 Å². The van der Waals surface area contributed by atoms with Crippen molar-refractivity contribution in [2.45, 2.75) is 13.8 Å². The van der Waals surface area contributed by atoms with E-state index >= 15 is 0 Å². The van der Waals surface area contributed by atoms with Crippen molar-refractivity contribution in [3.63, 3.8) is 0 Å². The van der Waals surface area contributed by atoms with Crippen molar-refractivity contribution >= 4 is 39.5 Å². The van der Waals surface area contributed by atoms with E-state index in [-0.39, 0.29) is 0 Å². The first-order valence-electron chi connectivity index (χ1n) is 9.48. The second kappa shape index (κ2) is 8.29. The monoisotopic (exact) mass is 408 g/mol. The van der Waals surface area contributed by atoms with Gasteiger partial charge in [-0.15, -0.1) is 11.3 Å². The van der Waals surface area contributed by atoms with Crippen LogP contribution in [-0.2, 0) is 0 Å². The molecule has 0 bridgehead atoms. The summed E-state index contributed by atoms with van der Waals surface area (Å²) in [5, 5.41) is 7.40. The Morgan fingerprint density at radius 1 is 1.00 bits per heavy atom. The molecular formula is C22H24N4S2. The fraction of sp³-hybridized carbons (Fsp3) is 0.273. The summed E-state index contributed by atoms with van der Waals surface area (Å²) in [4.78, 5) is 9.45. The predicted molar refractivity (Wildman–Crippen MR) is 123 cm³/mol. The van der Waals surface area contributed by atoms with Crippen LogP contribution in [0.25, 0.3) is 11.3 Å². The smallest absolute Gasteiger partial charge is 0.185 e. The average molecular weight is 409 g/mol. The van der Waals surface area contributed by atoms with Crippen LogP contribution < -0.4 is 10.2 Å². The van der Waals surface area contributed by atoms with Gasteiger partial charge >= 0.3 is 0 Å². The van der Waals surface area contributed by atoms with Gasteiger partial charge in [-0.05, 0) is 43.8 Å². The van der Waals surface area contributed by atoms with Crippen LogP contribution in [0.1, 0.15) is 11.1 Å². The van der Waals surface area contributed by atoms with Gasteiger partial charge in [0.15, 0.2) is 10.2 Å². The molecule has 6 heteroatoms. The van der Waals surface area contributed by atoms with Crippen LogP contribution in [0.3, 0.4) is 0 Å². The molecule has 1 aliphatic rings. The maximum Gasteiger partial charge on any atom is 0.185 e. The molecule has 4 nitrogen and oxygen atoms in total. The third-order valence-corrected chi connectivity index (χ3v) is 6.21. The summed E-state index contributed by atoms with van der Waals surface area (Å²) in [5.74, 6) is 0. The molecule has 144 valence electrons. The van der Waals surface area contributed by atoms with Gasteiger partial charge in [0.2, 0.25) is 0 Å². The number of thiocarbonyl (C=S) groups is 1. The fourth-order valence-corrected chi connectivity index (χ4v) is 4.48. The van der Waals surface area contributed by atoms with Crippen molar-refractivity contribution in [3.05, 3.63) is 65.0 Å². The molecular weight excluding hydrogens is 384 g/mol. The molecule has 0 atom stereocenters. The topological polar surface area (TPSA) is 31.4 Å². The van der Waals surface area contributed by atoms with E-state index in [4.69, 9.17) is 17.2 Å². The van der Waals surface area contributed by atoms with Gasteiger partial charge in [-0.25, -0.2) is 4.98 Å². The van der Waals surface area contributed by atoms with Crippen LogP contribution in [0.2, 0.25) is 0 Å². The summed E-state index contributed by atoms with van der Waals surface area (Å²) >= 11 is 7.33. The highest BCUT2D eigenvalue weighted by Gasteiger charge is 2.21. The van der Waals surface area contributed by atoms with Gasteiger partial charge in [-0.1, -0.05) is 42.0 Å². The average Bonchev–Trinajstić information content (AvgIpc) is 3.19. The van der Waals surface area contributed by atoms with Gasteiger partial charge in [0.25, 0.3) is 0 Å². The molecule has 1 aliphatic heterocycles. The number of hydrogen-bond acceptors (Lipinski definition) is 4. The van der Waals surface area contributed by atoms with Crippen molar-refractivity contribution in [2.75, 3.05) is 36.4 Å².